The summed E-state index contributed by atoms with van der Waals surface area (Å²) in [5, 5.41) is 11.1. The van der Waals surface area contributed by atoms with E-state index in [-0.39, 0.29) is 11.5 Å². The summed E-state index contributed by atoms with van der Waals surface area (Å²) in [7, 11) is 0. The second-order valence-corrected chi connectivity index (χ2v) is 4.23. The van der Waals surface area contributed by atoms with Gasteiger partial charge in [0.1, 0.15) is 6.33 Å². The number of hydrogen-bond acceptors (Lipinski definition) is 7. The Morgan fingerprint density at radius 1 is 1.56 bits per heavy atom. The molecule has 0 aliphatic heterocycles. The average Bonchev–Trinajstić information content (AvgIpc) is 2.34. The Labute approximate surface area is 105 Å². The van der Waals surface area contributed by atoms with Crippen molar-refractivity contribution < 1.29 is 4.92 Å². The van der Waals surface area contributed by atoms with Gasteiger partial charge in [0, 0.05) is 13.1 Å². The molecule has 0 saturated carbocycles. The molecule has 0 aromatic carbocycles. The lowest BCUT2D eigenvalue weighted by Gasteiger charge is -2.23. The first-order chi connectivity index (χ1) is 8.51. The van der Waals surface area contributed by atoms with Crippen molar-refractivity contribution in [3.05, 3.63) is 16.4 Å². The summed E-state index contributed by atoms with van der Waals surface area (Å²) in [6.07, 6.45) is 1.26. The fourth-order valence-electron chi connectivity index (χ4n) is 1.68. The standard InChI is InChI=1S/C10H18N6O2/c1-4-15(5-7(2)3)10-8(16(17)18)9(14-11)12-6-13-10/h6-7H,4-5,11H2,1-3H3,(H,12,13,14). The Balaban J connectivity index is 3.24. The predicted molar refractivity (Wildman–Crippen MR) is 69.2 cm³/mol. The van der Waals surface area contributed by atoms with E-state index in [1.807, 2.05) is 25.7 Å². The van der Waals surface area contributed by atoms with Gasteiger partial charge < -0.3 is 10.3 Å². The number of nitrogen functional groups attached to an aromatic ring is 1. The number of nitrogens with two attached hydrogens (primary N) is 1. The molecule has 8 nitrogen and oxygen atoms in total. The monoisotopic (exact) mass is 254 g/mol. The highest BCUT2D eigenvalue weighted by Gasteiger charge is 2.26. The molecule has 1 aromatic rings. The molecule has 0 spiro atoms. The van der Waals surface area contributed by atoms with Crippen LogP contribution in [-0.4, -0.2) is 28.0 Å². The molecule has 0 amide bonds. The van der Waals surface area contributed by atoms with Crippen LogP contribution in [0.5, 0.6) is 0 Å². The first kappa shape index (κ1) is 14.1. The maximum Gasteiger partial charge on any atom is 0.354 e. The van der Waals surface area contributed by atoms with Gasteiger partial charge in [0.25, 0.3) is 0 Å². The minimum atomic E-state index is -0.520. The van der Waals surface area contributed by atoms with Crippen molar-refractivity contribution in [1.29, 1.82) is 0 Å². The molecule has 18 heavy (non-hydrogen) atoms. The van der Waals surface area contributed by atoms with Gasteiger partial charge >= 0.3 is 5.69 Å². The van der Waals surface area contributed by atoms with Crippen molar-refractivity contribution in [3.63, 3.8) is 0 Å². The normalized spacial score (nSPS) is 10.5. The molecular weight excluding hydrogens is 236 g/mol. The Morgan fingerprint density at radius 2 is 2.22 bits per heavy atom. The topological polar surface area (TPSA) is 110 Å². The molecule has 1 rings (SSSR count). The maximum absolute atomic E-state index is 11.1. The quantitative estimate of drug-likeness (QED) is 0.445. The number of nitro groups is 1. The molecule has 3 N–H and O–H groups in total. The zero-order valence-corrected chi connectivity index (χ0v) is 10.8. The summed E-state index contributed by atoms with van der Waals surface area (Å²) in [6, 6.07) is 0. The van der Waals surface area contributed by atoms with Crippen LogP contribution >= 0.6 is 0 Å². The van der Waals surface area contributed by atoms with Crippen molar-refractivity contribution in [2.75, 3.05) is 23.4 Å². The summed E-state index contributed by atoms with van der Waals surface area (Å²) in [5.74, 6) is 5.92. The van der Waals surface area contributed by atoms with E-state index in [1.165, 1.54) is 6.33 Å². The van der Waals surface area contributed by atoms with E-state index in [1.54, 1.807) is 0 Å². The van der Waals surface area contributed by atoms with E-state index >= 15 is 0 Å². The number of nitrogens with zero attached hydrogens (tertiary/aromatic N) is 4. The third kappa shape index (κ3) is 3.04. The van der Waals surface area contributed by atoms with Crippen molar-refractivity contribution in [3.8, 4) is 0 Å². The highest BCUT2D eigenvalue weighted by Crippen LogP contribution is 2.31. The molecule has 0 fully saturated rings. The molecule has 0 unspecified atom stereocenters. The second-order valence-electron chi connectivity index (χ2n) is 4.23. The summed E-state index contributed by atoms with van der Waals surface area (Å²) in [4.78, 5) is 20.2. The first-order valence-electron chi connectivity index (χ1n) is 5.72. The number of hydrogen-bond donors (Lipinski definition) is 2. The number of nitrogens with one attached hydrogen (secondary N) is 1. The minimum absolute atomic E-state index is 0.0206. The van der Waals surface area contributed by atoms with Gasteiger partial charge in [-0.05, 0) is 12.8 Å². The molecule has 8 heteroatoms. The van der Waals surface area contributed by atoms with Crippen LogP contribution in [0.1, 0.15) is 20.8 Å². The van der Waals surface area contributed by atoms with Gasteiger partial charge in [-0.3, -0.25) is 10.1 Å². The molecule has 0 saturated heterocycles. The molecule has 0 aliphatic rings. The lowest BCUT2D eigenvalue weighted by Crippen LogP contribution is -2.29. The van der Waals surface area contributed by atoms with Crippen LogP contribution in [0.4, 0.5) is 17.3 Å². The van der Waals surface area contributed by atoms with Crippen molar-refractivity contribution >= 4 is 17.3 Å². The first-order valence-corrected chi connectivity index (χ1v) is 5.72. The largest absolute Gasteiger partial charge is 0.354 e. The summed E-state index contributed by atoms with van der Waals surface area (Å²) < 4.78 is 0. The molecule has 1 aromatic heterocycles. The van der Waals surface area contributed by atoms with Gasteiger partial charge in [0.2, 0.25) is 11.6 Å². The van der Waals surface area contributed by atoms with Crippen LogP contribution in [0.15, 0.2) is 6.33 Å². The summed E-state index contributed by atoms with van der Waals surface area (Å²) in [5.41, 5.74) is 2.04. The SMILES string of the molecule is CCN(CC(C)C)c1ncnc(NN)c1[N+](=O)[O-]. The number of rotatable bonds is 6. The third-order valence-electron chi connectivity index (χ3n) is 2.39. The molecular formula is C10H18N6O2. The van der Waals surface area contributed by atoms with Crippen LogP contribution in [0.2, 0.25) is 0 Å². The van der Waals surface area contributed by atoms with Gasteiger partial charge in [-0.15, -0.1) is 0 Å². The van der Waals surface area contributed by atoms with E-state index in [2.05, 4.69) is 15.4 Å². The van der Waals surface area contributed by atoms with E-state index in [4.69, 9.17) is 5.84 Å². The predicted octanol–water partition coefficient (Wildman–Crippen LogP) is 1.15. The van der Waals surface area contributed by atoms with Crippen LogP contribution in [0, 0.1) is 16.0 Å². The Hall–Kier alpha value is -1.96. The highest BCUT2D eigenvalue weighted by atomic mass is 16.6. The van der Waals surface area contributed by atoms with E-state index in [0.717, 1.165) is 0 Å². The fraction of sp³-hybridized carbons (Fsp3) is 0.600. The van der Waals surface area contributed by atoms with Gasteiger partial charge in [0.05, 0.1) is 4.92 Å². The lowest BCUT2D eigenvalue weighted by molar-refractivity contribution is -0.383. The smallest absolute Gasteiger partial charge is 0.351 e. The average molecular weight is 254 g/mol. The van der Waals surface area contributed by atoms with E-state index < -0.39 is 4.92 Å². The lowest BCUT2D eigenvalue weighted by atomic mass is 10.2. The summed E-state index contributed by atoms with van der Waals surface area (Å²) >= 11 is 0. The summed E-state index contributed by atoms with van der Waals surface area (Å²) in [6.45, 7) is 7.30. The molecule has 0 atom stereocenters. The molecule has 0 radical (unpaired) electrons. The number of hydrazine groups is 1. The van der Waals surface area contributed by atoms with Crippen molar-refractivity contribution in [2.45, 2.75) is 20.8 Å². The van der Waals surface area contributed by atoms with Gasteiger partial charge in [-0.25, -0.2) is 15.8 Å². The Kier molecular flexibility index (Phi) is 4.78. The van der Waals surface area contributed by atoms with Crippen molar-refractivity contribution in [2.24, 2.45) is 11.8 Å². The van der Waals surface area contributed by atoms with E-state index in [0.29, 0.717) is 24.8 Å². The highest BCUT2D eigenvalue weighted by molar-refractivity contribution is 5.69. The van der Waals surface area contributed by atoms with Gasteiger partial charge in [-0.1, -0.05) is 13.8 Å². The molecule has 100 valence electrons. The fourth-order valence-corrected chi connectivity index (χ4v) is 1.68. The van der Waals surface area contributed by atoms with Gasteiger partial charge in [0.15, 0.2) is 0 Å². The van der Waals surface area contributed by atoms with Crippen LogP contribution < -0.4 is 16.2 Å². The minimum Gasteiger partial charge on any atom is -0.351 e. The molecule has 0 bridgehead atoms. The third-order valence-corrected chi connectivity index (χ3v) is 2.39. The van der Waals surface area contributed by atoms with Crippen LogP contribution in [-0.2, 0) is 0 Å². The van der Waals surface area contributed by atoms with Crippen molar-refractivity contribution in [1.82, 2.24) is 9.97 Å². The Bertz CT molecular complexity index is 423. The zero-order valence-electron chi connectivity index (χ0n) is 10.8. The van der Waals surface area contributed by atoms with Gasteiger partial charge in [-0.2, -0.15) is 0 Å². The van der Waals surface area contributed by atoms with Crippen LogP contribution in [0.25, 0.3) is 0 Å². The van der Waals surface area contributed by atoms with E-state index in [9.17, 15) is 10.1 Å². The second kappa shape index (κ2) is 6.10. The maximum atomic E-state index is 11.1. The number of anilines is 2. The van der Waals surface area contributed by atoms with Crippen LogP contribution in [0.3, 0.4) is 0 Å². The molecule has 1 heterocycles. The number of aromatic nitrogens is 2. The molecule has 0 aliphatic carbocycles. The Morgan fingerprint density at radius 3 is 2.67 bits per heavy atom. The zero-order chi connectivity index (χ0) is 13.7.